The number of hydrogen-bond acceptors (Lipinski definition) is 1. The van der Waals surface area contributed by atoms with Gasteiger partial charge in [-0.15, -0.1) is 11.3 Å². The Morgan fingerprint density at radius 1 is 0.909 bits per heavy atom. The highest BCUT2D eigenvalue weighted by Gasteiger charge is 2.05. The lowest BCUT2D eigenvalue weighted by molar-refractivity contribution is 1.84. The van der Waals surface area contributed by atoms with Crippen molar-refractivity contribution in [2.24, 2.45) is 0 Å². The lowest BCUT2D eigenvalue weighted by atomic mass is 10.2. The Hall–Kier alpha value is -0.240. The van der Waals surface area contributed by atoms with E-state index in [0.717, 1.165) is 19.4 Å². The predicted molar refractivity (Wildman–Crippen MR) is 51.8 cm³/mol. The van der Waals surface area contributed by atoms with E-state index in [-0.39, 0.29) is 0 Å². The molecule has 0 saturated carbocycles. The van der Waals surface area contributed by atoms with Gasteiger partial charge in [0.2, 0.25) is 0 Å². The topological polar surface area (TPSA) is 0 Å². The first-order valence-corrected chi connectivity index (χ1v) is 4.69. The van der Waals surface area contributed by atoms with Gasteiger partial charge in [0.15, 0.2) is 0 Å². The molecule has 0 atom stereocenters. The van der Waals surface area contributed by atoms with Crippen molar-refractivity contribution in [1.29, 1.82) is 0 Å². The molecule has 0 unspecified atom stereocenters. The summed E-state index contributed by atoms with van der Waals surface area (Å²) in [5.41, 5.74) is 0. The fourth-order valence-electron chi connectivity index (χ4n) is 1.01. The van der Waals surface area contributed by atoms with Gasteiger partial charge in [-0.05, 0) is 0 Å². The molecule has 1 aromatic carbocycles. The van der Waals surface area contributed by atoms with E-state index in [9.17, 15) is 0 Å². The Balaban J connectivity index is 2.95. The quantitative estimate of drug-likeness (QED) is 0.601. The number of hydrogen-bond donors (Lipinski definition) is 0. The van der Waals surface area contributed by atoms with E-state index < -0.39 is 0 Å². The average Bonchev–Trinajstić information content (AvgIpc) is 2.30. The third-order valence-corrected chi connectivity index (χ3v) is 3.20. The lowest BCUT2D eigenvalue weighted by Gasteiger charge is -1.86. The zero-order valence-electron chi connectivity index (χ0n) is 5.47. The van der Waals surface area contributed by atoms with Gasteiger partial charge in [-0.1, -0.05) is 47.5 Å². The smallest absolute Gasteiger partial charge is 0.102 e. The van der Waals surface area contributed by atoms with Gasteiger partial charge in [0.1, 0.15) is 8.67 Å². The summed E-state index contributed by atoms with van der Waals surface area (Å²) >= 11 is 13.2. The van der Waals surface area contributed by atoms with Crippen molar-refractivity contribution >= 4 is 45.3 Å². The molecule has 2 rings (SSSR count). The molecule has 56 valence electrons. The summed E-state index contributed by atoms with van der Waals surface area (Å²) < 4.78 is 1.54. The average molecular weight is 203 g/mol. The molecule has 1 heterocycles. The van der Waals surface area contributed by atoms with Crippen LogP contribution in [0.2, 0.25) is 8.67 Å². The number of benzene rings is 1. The minimum atomic E-state index is 0.769. The van der Waals surface area contributed by atoms with Gasteiger partial charge in [0.25, 0.3) is 0 Å². The fourth-order valence-corrected chi connectivity index (χ4v) is 2.66. The molecule has 0 aliphatic heterocycles. The third kappa shape index (κ3) is 1.13. The zero-order chi connectivity index (χ0) is 7.84. The molecule has 0 aliphatic carbocycles. The second-order valence-corrected chi connectivity index (χ2v) is 4.42. The Labute approximate surface area is 78.4 Å². The summed E-state index contributed by atoms with van der Waals surface area (Å²) in [6, 6.07) is 7.86. The van der Waals surface area contributed by atoms with Crippen molar-refractivity contribution in [2.75, 3.05) is 0 Å². The van der Waals surface area contributed by atoms with Crippen molar-refractivity contribution < 1.29 is 0 Å². The van der Waals surface area contributed by atoms with E-state index in [1.165, 1.54) is 11.3 Å². The highest BCUT2D eigenvalue weighted by molar-refractivity contribution is 7.21. The summed E-state index contributed by atoms with van der Waals surface area (Å²) in [6.07, 6.45) is 0. The van der Waals surface area contributed by atoms with Crippen LogP contribution < -0.4 is 0 Å². The van der Waals surface area contributed by atoms with E-state index in [4.69, 9.17) is 23.2 Å². The van der Waals surface area contributed by atoms with Crippen molar-refractivity contribution in [3.8, 4) is 0 Å². The Morgan fingerprint density at radius 3 is 1.82 bits per heavy atom. The van der Waals surface area contributed by atoms with Gasteiger partial charge < -0.3 is 0 Å². The van der Waals surface area contributed by atoms with Crippen LogP contribution in [0, 0.1) is 0 Å². The molecule has 0 bridgehead atoms. The molecular formula is C8H4Cl2S. The summed E-state index contributed by atoms with van der Waals surface area (Å²) in [4.78, 5) is 0. The van der Waals surface area contributed by atoms with Crippen LogP contribution in [0.3, 0.4) is 0 Å². The van der Waals surface area contributed by atoms with Crippen LogP contribution in [0.25, 0.3) is 10.8 Å². The number of fused-ring (bicyclic) bond motifs is 1. The van der Waals surface area contributed by atoms with Crippen molar-refractivity contribution in [2.45, 2.75) is 0 Å². The molecule has 0 radical (unpaired) electrons. The monoisotopic (exact) mass is 202 g/mol. The fraction of sp³-hybridized carbons (Fsp3) is 0. The van der Waals surface area contributed by atoms with Crippen molar-refractivity contribution in [1.82, 2.24) is 0 Å². The standard InChI is InChI=1S/C8H4Cl2S/c9-7-5-3-1-2-4-6(5)8(10)11-7/h1-4H. The van der Waals surface area contributed by atoms with Gasteiger partial charge in [-0.2, -0.15) is 0 Å². The largest absolute Gasteiger partial charge is 0.110 e. The number of thiophene rings is 1. The van der Waals surface area contributed by atoms with Crippen LogP contribution in [-0.2, 0) is 0 Å². The van der Waals surface area contributed by atoms with E-state index in [1.807, 2.05) is 24.3 Å². The molecule has 0 fully saturated rings. The van der Waals surface area contributed by atoms with Crippen molar-refractivity contribution in [3.05, 3.63) is 32.9 Å². The molecule has 0 spiro atoms. The third-order valence-electron chi connectivity index (χ3n) is 1.53. The number of halogens is 2. The molecule has 0 N–H and O–H groups in total. The Morgan fingerprint density at radius 2 is 1.36 bits per heavy atom. The molecule has 0 amide bonds. The normalized spacial score (nSPS) is 10.7. The molecule has 2 aromatic rings. The first-order chi connectivity index (χ1) is 5.29. The molecule has 11 heavy (non-hydrogen) atoms. The molecular weight excluding hydrogens is 199 g/mol. The molecule has 0 aliphatic rings. The van der Waals surface area contributed by atoms with Gasteiger partial charge in [-0.3, -0.25) is 0 Å². The highest BCUT2D eigenvalue weighted by Crippen LogP contribution is 2.37. The minimum absolute atomic E-state index is 0.769. The molecule has 3 heteroatoms. The van der Waals surface area contributed by atoms with Crippen molar-refractivity contribution in [3.63, 3.8) is 0 Å². The van der Waals surface area contributed by atoms with Gasteiger partial charge >= 0.3 is 0 Å². The number of rotatable bonds is 0. The van der Waals surface area contributed by atoms with Gasteiger partial charge in [-0.25, -0.2) is 0 Å². The van der Waals surface area contributed by atoms with Crippen LogP contribution in [0.15, 0.2) is 24.3 Å². The second kappa shape index (κ2) is 2.67. The first-order valence-electron chi connectivity index (χ1n) is 3.11. The van der Waals surface area contributed by atoms with E-state index >= 15 is 0 Å². The zero-order valence-corrected chi connectivity index (χ0v) is 7.80. The van der Waals surface area contributed by atoms with Gasteiger partial charge in [0.05, 0.1) is 0 Å². The first kappa shape index (κ1) is 7.41. The van der Waals surface area contributed by atoms with Crippen LogP contribution >= 0.6 is 34.5 Å². The lowest BCUT2D eigenvalue weighted by Crippen LogP contribution is -1.61. The summed E-state index contributed by atoms with van der Waals surface area (Å²) in [7, 11) is 0. The maximum Gasteiger partial charge on any atom is 0.102 e. The summed E-state index contributed by atoms with van der Waals surface area (Å²) in [6.45, 7) is 0. The summed E-state index contributed by atoms with van der Waals surface area (Å²) in [5.74, 6) is 0. The maximum atomic E-state index is 5.91. The van der Waals surface area contributed by atoms with E-state index in [0.29, 0.717) is 0 Å². The van der Waals surface area contributed by atoms with Crippen LogP contribution in [0.4, 0.5) is 0 Å². The minimum Gasteiger partial charge on any atom is -0.110 e. The maximum absolute atomic E-state index is 5.91. The molecule has 0 saturated heterocycles. The Kier molecular flexibility index (Phi) is 1.80. The molecule has 1 aromatic heterocycles. The van der Waals surface area contributed by atoms with Crippen LogP contribution in [0.5, 0.6) is 0 Å². The summed E-state index contributed by atoms with van der Waals surface area (Å²) in [5, 5.41) is 2.09. The van der Waals surface area contributed by atoms with Crippen LogP contribution in [0.1, 0.15) is 0 Å². The second-order valence-electron chi connectivity index (χ2n) is 2.20. The Bertz CT molecular complexity index is 356. The van der Waals surface area contributed by atoms with Gasteiger partial charge in [0, 0.05) is 10.8 Å². The van der Waals surface area contributed by atoms with E-state index in [2.05, 4.69) is 0 Å². The highest BCUT2D eigenvalue weighted by atomic mass is 35.5. The predicted octanol–water partition coefficient (Wildman–Crippen LogP) is 4.21. The van der Waals surface area contributed by atoms with E-state index in [1.54, 1.807) is 0 Å². The van der Waals surface area contributed by atoms with Crippen LogP contribution in [-0.4, -0.2) is 0 Å². The molecule has 0 nitrogen and oxygen atoms in total. The SMILES string of the molecule is Clc1sc(Cl)c2ccccc12.